The average Bonchev–Trinajstić information content (AvgIpc) is 2.81. The molecule has 1 fully saturated rings. The fourth-order valence-corrected chi connectivity index (χ4v) is 4.67. The summed E-state index contributed by atoms with van der Waals surface area (Å²) in [5.74, 6) is 0.209. The van der Waals surface area contributed by atoms with Gasteiger partial charge in [0.25, 0.3) is 5.91 Å². The van der Waals surface area contributed by atoms with Crippen LogP contribution in [-0.4, -0.2) is 47.0 Å². The maximum absolute atomic E-state index is 12.7. The van der Waals surface area contributed by atoms with Crippen molar-refractivity contribution in [2.24, 2.45) is 0 Å². The van der Waals surface area contributed by atoms with Crippen LogP contribution in [0.4, 0.5) is 0 Å². The smallest absolute Gasteiger partial charge is 0.355 e. The molecule has 7 nitrogen and oxygen atoms in total. The monoisotopic (exact) mass is 438 g/mol. The number of esters is 1. The summed E-state index contributed by atoms with van der Waals surface area (Å²) in [6.07, 6.45) is 1.89. The van der Waals surface area contributed by atoms with E-state index in [0.717, 1.165) is 16.9 Å². The largest absolute Gasteiger partial charge is 0.497 e. The van der Waals surface area contributed by atoms with E-state index in [4.69, 9.17) is 9.47 Å². The Morgan fingerprint density at radius 1 is 1.10 bits per heavy atom. The standard InChI is InChI=1S/C23H22N2O5S/c1-29-17-9-7-16(8-10-17)14-30-23(28)18-11-12-31-22-20(21(27)25(18)22)24-19(26)13-15-5-3-2-4-6-15/h2-11,20,22H,12-14H2,1H3,(H,24,26)/t20-,22-/m1/s1. The number of β-lactam (4-membered cyclic amide) rings is 1. The maximum atomic E-state index is 12.7. The number of rotatable bonds is 7. The van der Waals surface area contributed by atoms with Gasteiger partial charge in [0.2, 0.25) is 5.91 Å². The Kier molecular flexibility index (Phi) is 6.27. The summed E-state index contributed by atoms with van der Waals surface area (Å²) in [6, 6.07) is 15.9. The summed E-state index contributed by atoms with van der Waals surface area (Å²) in [5.41, 5.74) is 1.93. The SMILES string of the molecule is COc1ccc(COC(=O)C2=CCS[C@@H]3[C@H](NC(=O)Cc4ccccc4)C(=O)N23)cc1. The van der Waals surface area contributed by atoms with E-state index in [1.807, 2.05) is 42.5 Å². The van der Waals surface area contributed by atoms with Crippen molar-refractivity contribution >= 4 is 29.5 Å². The van der Waals surface area contributed by atoms with Gasteiger partial charge < -0.3 is 14.8 Å². The molecule has 4 rings (SSSR count). The van der Waals surface area contributed by atoms with Crippen LogP contribution < -0.4 is 10.1 Å². The summed E-state index contributed by atoms with van der Waals surface area (Å²) in [7, 11) is 1.58. The topological polar surface area (TPSA) is 84.9 Å². The normalized spacial score (nSPS) is 19.6. The highest BCUT2D eigenvalue weighted by Gasteiger charge is 2.52. The molecule has 0 bridgehead atoms. The molecule has 2 aromatic carbocycles. The lowest BCUT2D eigenvalue weighted by Crippen LogP contribution is -2.70. The zero-order valence-corrected chi connectivity index (χ0v) is 17.8. The molecule has 2 aliphatic heterocycles. The van der Waals surface area contributed by atoms with Gasteiger partial charge in [-0.25, -0.2) is 4.79 Å². The van der Waals surface area contributed by atoms with Crippen LogP contribution in [0, 0.1) is 0 Å². The Morgan fingerprint density at radius 2 is 1.84 bits per heavy atom. The number of nitrogens with zero attached hydrogens (tertiary/aromatic N) is 1. The minimum atomic E-state index is -0.640. The predicted molar refractivity (Wildman–Crippen MR) is 116 cm³/mol. The van der Waals surface area contributed by atoms with Gasteiger partial charge in [0.05, 0.1) is 13.5 Å². The van der Waals surface area contributed by atoms with Crippen LogP contribution in [0.25, 0.3) is 0 Å². The van der Waals surface area contributed by atoms with Gasteiger partial charge in [0.1, 0.15) is 29.5 Å². The summed E-state index contributed by atoms with van der Waals surface area (Å²) >= 11 is 1.51. The number of fused-ring (bicyclic) bond motifs is 1. The zero-order chi connectivity index (χ0) is 21.8. The molecular formula is C23H22N2O5S. The van der Waals surface area contributed by atoms with Gasteiger partial charge in [-0.2, -0.15) is 0 Å². The molecule has 2 heterocycles. The Labute approximate surface area is 184 Å². The molecule has 160 valence electrons. The van der Waals surface area contributed by atoms with Crippen molar-refractivity contribution in [2.45, 2.75) is 24.4 Å². The minimum absolute atomic E-state index is 0.0945. The molecule has 0 unspecified atom stereocenters. The van der Waals surface area contributed by atoms with Crippen LogP contribution in [-0.2, 0) is 32.1 Å². The number of amides is 2. The van der Waals surface area contributed by atoms with E-state index in [1.54, 1.807) is 25.3 Å². The van der Waals surface area contributed by atoms with E-state index in [0.29, 0.717) is 5.75 Å². The van der Waals surface area contributed by atoms with Crippen LogP contribution in [0.5, 0.6) is 5.75 Å². The van der Waals surface area contributed by atoms with E-state index in [2.05, 4.69) is 5.32 Å². The number of hydrogen-bond donors (Lipinski definition) is 1. The first-order chi connectivity index (χ1) is 15.1. The highest BCUT2D eigenvalue weighted by molar-refractivity contribution is 8.00. The van der Waals surface area contributed by atoms with Gasteiger partial charge in [-0.05, 0) is 29.3 Å². The molecule has 0 aromatic heterocycles. The number of nitrogens with one attached hydrogen (secondary N) is 1. The summed E-state index contributed by atoms with van der Waals surface area (Å²) in [4.78, 5) is 39.0. The van der Waals surface area contributed by atoms with Crippen molar-refractivity contribution in [1.29, 1.82) is 0 Å². The Bertz CT molecular complexity index is 1010. The molecule has 0 saturated carbocycles. The predicted octanol–water partition coefficient (Wildman–Crippen LogP) is 2.26. The van der Waals surface area contributed by atoms with E-state index >= 15 is 0 Å². The first kappa shape index (κ1) is 21.0. The van der Waals surface area contributed by atoms with Gasteiger partial charge in [-0.1, -0.05) is 42.5 Å². The van der Waals surface area contributed by atoms with Crippen molar-refractivity contribution in [3.8, 4) is 5.75 Å². The van der Waals surface area contributed by atoms with Crippen molar-refractivity contribution < 1.29 is 23.9 Å². The molecule has 2 aromatic rings. The second-order valence-electron chi connectivity index (χ2n) is 7.15. The van der Waals surface area contributed by atoms with E-state index in [1.165, 1.54) is 16.7 Å². The third-order valence-corrected chi connectivity index (χ3v) is 6.29. The Balaban J connectivity index is 1.33. The lowest BCUT2D eigenvalue weighted by atomic mass is 10.0. The molecule has 2 atom stereocenters. The van der Waals surface area contributed by atoms with Crippen molar-refractivity contribution in [1.82, 2.24) is 10.2 Å². The first-order valence-corrected chi connectivity index (χ1v) is 10.9. The van der Waals surface area contributed by atoms with E-state index in [9.17, 15) is 14.4 Å². The van der Waals surface area contributed by atoms with Crippen LogP contribution >= 0.6 is 11.8 Å². The summed E-state index contributed by atoms with van der Waals surface area (Å²) < 4.78 is 10.5. The molecule has 0 aliphatic carbocycles. The second-order valence-corrected chi connectivity index (χ2v) is 8.30. The average molecular weight is 439 g/mol. The lowest BCUT2D eigenvalue weighted by molar-refractivity contribution is -0.153. The van der Waals surface area contributed by atoms with Crippen LogP contribution in [0.3, 0.4) is 0 Å². The third kappa shape index (κ3) is 4.59. The van der Waals surface area contributed by atoms with Crippen LogP contribution in [0.15, 0.2) is 66.4 Å². The molecule has 8 heteroatoms. The van der Waals surface area contributed by atoms with Crippen LogP contribution in [0.2, 0.25) is 0 Å². The van der Waals surface area contributed by atoms with Gasteiger partial charge in [0.15, 0.2) is 0 Å². The molecule has 2 aliphatic rings. The number of thioether (sulfide) groups is 1. The third-order valence-electron chi connectivity index (χ3n) is 5.11. The fourth-order valence-electron chi connectivity index (χ4n) is 3.48. The number of carbonyl (C=O) groups excluding carboxylic acids is 3. The summed E-state index contributed by atoms with van der Waals surface area (Å²) in [6.45, 7) is 0.0945. The maximum Gasteiger partial charge on any atom is 0.355 e. The molecule has 0 radical (unpaired) electrons. The van der Waals surface area contributed by atoms with E-state index in [-0.39, 0.29) is 35.9 Å². The number of carbonyl (C=O) groups is 3. The van der Waals surface area contributed by atoms with Gasteiger partial charge in [-0.15, -0.1) is 11.8 Å². The zero-order valence-electron chi connectivity index (χ0n) is 16.9. The first-order valence-electron chi connectivity index (χ1n) is 9.85. The highest BCUT2D eigenvalue weighted by Crippen LogP contribution is 2.37. The Morgan fingerprint density at radius 3 is 2.55 bits per heavy atom. The quantitative estimate of drug-likeness (QED) is 0.527. The molecule has 2 amide bonds. The molecule has 1 saturated heterocycles. The fraction of sp³-hybridized carbons (Fsp3) is 0.261. The van der Waals surface area contributed by atoms with Gasteiger partial charge in [0, 0.05) is 5.75 Å². The number of benzene rings is 2. The second kappa shape index (κ2) is 9.26. The number of ether oxygens (including phenoxy) is 2. The Hall–Kier alpha value is -3.26. The molecule has 1 N–H and O–H groups in total. The van der Waals surface area contributed by atoms with Gasteiger partial charge >= 0.3 is 5.97 Å². The lowest BCUT2D eigenvalue weighted by Gasteiger charge is -2.48. The van der Waals surface area contributed by atoms with Gasteiger partial charge in [-0.3, -0.25) is 14.5 Å². The van der Waals surface area contributed by atoms with Crippen molar-refractivity contribution in [3.05, 3.63) is 77.5 Å². The highest BCUT2D eigenvalue weighted by atomic mass is 32.2. The van der Waals surface area contributed by atoms with Crippen molar-refractivity contribution in [2.75, 3.05) is 12.9 Å². The summed E-state index contributed by atoms with van der Waals surface area (Å²) in [5, 5.41) is 2.49. The van der Waals surface area contributed by atoms with Crippen molar-refractivity contribution in [3.63, 3.8) is 0 Å². The molecule has 31 heavy (non-hydrogen) atoms. The van der Waals surface area contributed by atoms with E-state index < -0.39 is 12.0 Å². The minimum Gasteiger partial charge on any atom is -0.497 e. The number of methoxy groups -OCH3 is 1. The molecular weight excluding hydrogens is 416 g/mol. The van der Waals surface area contributed by atoms with Crippen LogP contribution in [0.1, 0.15) is 11.1 Å². The number of hydrogen-bond acceptors (Lipinski definition) is 6. The molecule has 0 spiro atoms.